The van der Waals surface area contributed by atoms with Crippen molar-refractivity contribution >= 4 is 43.4 Å². The van der Waals surface area contributed by atoms with E-state index >= 15 is 0 Å². The third kappa shape index (κ3) is 2.60. The summed E-state index contributed by atoms with van der Waals surface area (Å²) >= 11 is 3.53. The molecule has 0 saturated carbocycles. The van der Waals surface area contributed by atoms with Crippen LogP contribution in [0.4, 0.5) is 0 Å². The zero-order chi connectivity index (χ0) is 13.4. The Kier molecular flexibility index (Phi) is 4.78. The minimum Gasteiger partial charge on any atom is -1.00 e. The maximum absolute atomic E-state index is 11.4. The summed E-state index contributed by atoms with van der Waals surface area (Å²) in [5, 5.41) is 4.06. The molecule has 6 heteroatoms. The summed E-state index contributed by atoms with van der Waals surface area (Å²) in [7, 11) is 0. The summed E-state index contributed by atoms with van der Waals surface area (Å²) in [5.41, 5.74) is 0.421. The molecule has 0 radical (unpaired) electrons. The minimum absolute atomic E-state index is 0. The van der Waals surface area contributed by atoms with Crippen LogP contribution in [0, 0.1) is 0 Å². The van der Waals surface area contributed by atoms with Gasteiger partial charge in [-0.05, 0) is 40.4 Å². The van der Waals surface area contributed by atoms with Gasteiger partial charge in [-0.2, -0.15) is 5.90 Å². The Morgan fingerprint density at radius 1 is 1.20 bits per heavy atom. The maximum atomic E-state index is 11.4. The van der Waals surface area contributed by atoms with Gasteiger partial charge >= 0.3 is 35.5 Å². The van der Waals surface area contributed by atoms with Crippen molar-refractivity contribution in [1.29, 1.82) is 0 Å². The van der Waals surface area contributed by atoms with E-state index in [2.05, 4.69) is 25.8 Å². The third-order valence-electron chi connectivity index (χ3n) is 3.05. The van der Waals surface area contributed by atoms with E-state index in [4.69, 9.17) is 5.90 Å². The molecule has 0 fully saturated rings. The second kappa shape index (κ2) is 6.20. The molecule has 2 N–H and O–H groups in total. The predicted octanol–water partition coefficient (Wildman–Crippen LogP) is 0.297. The summed E-state index contributed by atoms with van der Waals surface area (Å²) in [6, 6.07) is 9.23. The summed E-state index contributed by atoms with van der Waals surface area (Å²) in [6.07, 6.45) is 3.56. The van der Waals surface area contributed by atoms with Gasteiger partial charge in [0.15, 0.2) is 0 Å². The molecule has 4 nitrogen and oxygen atoms in total. The third-order valence-corrected chi connectivity index (χ3v) is 3.70. The molecule has 3 aromatic rings. The van der Waals surface area contributed by atoms with Crippen LogP contribution in [-0.2, 0) is 4.84 Å². The van der Waals surface area contributed by atoms with Gasteiger partial charge in [0.25, 0.3) is 0 Å². The molecule has 0 bridgehead atoms. The quantitative estimate of drug-likeness (QED) is 0.393. The summed E-state index contributed by atoms with van der Waals surface area (Å²) < 4.78 is 0.954. The maximum Gasteiger partial charge on any atom is 1.00 e. The van der Waals surface area contributed by atoms with Crippen LogP contribution in [-0.4, -0.2) is 11.0 Å². The number of rotatable bonds is 1. The number of carbonyl (C=O) groups is 1. The normalized spacial score (nSPS) is 10.3. The van der Waals surface area contributed by atoms with Crippen LogP contribution >= 0.6 is 15.9 Å². The Bertz CT molecular complexity index is 813. The van der Waals surface area contributed by atoms with E-state index in [0.717, 1.165) is 26.0 Å². The zero-order valence-electron chi connectivity index (χ0n) is 11.8. The van der Waals surface area contributed by atoms with Gasteiger partial charge in [-0.25, -0.2) is 4.79 Å². The Balaban J connectivity index is 0.00000110. The van der Waals surface area contributed by atoms with Gasteiger partial charge in [0.2, 0.25) is 0 Å². The Hall–Kier alpha value is -0.980. The van der Waals surface area contributed by atoms with E-state index < -0.39 is 5.97 Å². The number of nitrogens with two attached hydrogens (primary N) is 1. The van der Waals surface area contributed by atoms with Crippen molar-refractivity contribution < 1.29 is 40.6 Å². The molecule has 20 heavy (non-hydrogen) atoms. The number of nitrogens with zero attached hydrogens (tertiary/aromatic N) is 1. The standard InChI is InChI=1S/C14H9BrN2O2.Na.H/c15-13-6-9-5-8(14(18)19-16)1-2-10(9)12-7-17-4-3-11(12)13;;/h1-7H,16H2;;/q;+1;-1. The van der Waals surface area contributed by atoms with Gasteiger partial charge in [0.05, 0.1) is 5.56 Å². The van der Waals surface area contributed by atoms with Gasteiger partial charge in [-0.15, -0.1) is 0 Å². The molecule has 0 aliphatic rings. The number of pyridine rings is 1. The Morgan fingerprint density at radius 3 is 2.75 bits per heavy atom. The fourth-order valence-electron chi connectivity index (χ4n) is 2.15. The van der Waals surface area contributed by atoms with Crippen LogP contribution in [0.15, 0.2) is 47.2 Å². The van der Waals surface area contributed by atoms with Crippen LogP contribution in [0.3, 0.4) is 0 Å². The van der Waals surface area contributed by atoms with Crippen molar-refractivity contribution in [3.63, 3.8) is 0 Å². The van der Waals surface area contributed by atoms with Crippen LogP contribution < -0.4 is 35.5 Å². The van der Waals surface area contributed by atoms with Gasteiger partial charge in [-0.3, -0.25) is 4.98 Å². The number of aromatic nitrogens is 1. The number of benzene rings is 2. The van der Waals surface area contributed by atoms with E-state index in [1.807, 2.05) is 24.4 Å². The molecule has 0 atom stereocenters. The molecule has 0 spiro atoms. The monoisotopic (exact) mass is 340 g/mol. The van der Waals surface area contributed by atoms with Gasteiger partial charge in [-0.1, -0.05) is 22.0 Å². The first kappa shape index (κ1) is 15.4. The van der Waals surface area contributed by atoms with Crippen molar-refractivity contribution in [3.8, 4) is 0 Å². The molecular formula is C14H10BrN2NaO2. The van der Waals surface area contributed by atoms with Crippen molar-refractivity contribution in [3.05, 3.63) is 52.8 Å². The Labute approximate surface area is 147 Å². The van der Waals surface area contributed by atoms with E-state index in [0.29, 0.717) is 5.56 Å². The molecule has 0 aliphatic heterocycles. The van der Waals surface area contributed by atoms with E-state index in [1.165, 1.54) is 0 Å². The van der Waals surface area contributed by atoms with E-state index in [-0.39, 0.29) is 31.0 Å². The van der Waals surface area contributed by atoms with Gasteiger partial charge in [0, 0.05) is 22.3 Å². The first-order chi connectivity index (χ1) is 9.20. The molecule has 0 aliphatic carbocycles. The van der Waals surface area contributed by atoms with Gasteiger partial charge < -0.3 is 6.26 Å². The second-order valence-electron chi connectivity index (χ2n) is 4.12. The van der Waals surface area contributed by atoms with Crippen molar-refractivity contribution in [2.75, 3.05) is 0 Å². The molecule has 1 aromatic heterocycles. The molecule has 3 rings (SSSR count). The smallest absolute Gasteiger partial charge is 1.00 e. The summed E-state index contributed by atoms with van der Waals surface area (Å²) in [5.74, 6) is 4.35. The molecular weight excluding hydrogens is 331 g/mol. The predicted molar refractivity (Wildman–Crippen MR) is 77.7 cm³/mol. The molecule has 2 aromatic carbocycles. The SMILES string of the molecule is NOC(=O)c1ccc2c(c1)cc(Br)c1ccncc12.[H-].[Na+]. The van der Waals surface area contributed by atoms with Crippen LogP contribution in [0.5, 0.6) is 0 Å². The average Bonchev–Trinajstić information content (AvgIpc) is 2.46. The molecule has 96 valence electrons. The van der Waals surface area contributed by atoms with Crippen molar-refractivity contribution in [1.82, 2.24) is 4.98 Å². The largest absolute Gasteiger partial charge is 1.00 e. The van der Waals surface area contributed by atoms with Crippen LogP contribution in [0.25, 0.3) is 21.5 Å². The molecule has 0 amide bonds. The summed E-state index contributed by atoms with van der Waals surface area (Å²) in [4.78, 5) is 19.8. The van der Waals surface area contributed by atoms with E-state index in [1.54, 1.807) is 18.3 Å². The second-order valence-corrected chi connectivity index (χ2v) is 4.98. The fraction of sp³-hybridized carbons (Fsp3) is 0. The molecule has 1 heterocycles. The number of fused-ring (bicyclic) bond motifs is 3. The Morgan fingerprint density at radius 2 is 2.00 bits per heavy atom. The minimum atomic E-state index is -0.552. The fourth-order valence-corrected chi connectivity index (χ4v) is 2.75. The topological polar surface area (TPSA) is 65.2 Å². The van der Waals surface area contributed by atoms with Crippen LogP contribution in [0.2, 0.25) is 0 Å². The number of halogens is 1. The van der Waals surface area contributed by atoms with E-state index in [9.17, 15) is 4.79 Å². The first-order valence-corrected chi connectivity index (χ1v) is 6.37. The van der Waals surface area contributed by atoms with Gasteiger partial charge in [0.1, 0.15) is 0 Å². The number of carbonyl (C=O) groups excluding carboxylic acids is 1. The average molecular weight is 341 g/mol. The number of hydrogen-bond donors (Lipinski definition) is 1. The van der Waals surface area contributed by atoms with Crippen LogP contribution in [0.1, 0.15) is 11.8 Å². The molecule has 0 unspecified atom stereocenters. The number of hydrogen-bond acceptors (Lipinski definition) is 4. The zero-order valence-corrected chi connectivity index (χ0v) is 14.3. The molecule has 0 saturated heterocycles. The first-order valence-electron chi connectivity index (χ1n) is 5.58. The van der Waals surface area contributed by atoms with Crippen molar-refractivity contribution in [2.45, 2.75) is 0 Å². The van der Waals surface area contributed by atoms with Crippen molar-refractivity contribution in [2.24, 2.45) is 5.90 Å². The summed E-state index contributed by atoms with van der Waals surface area (Å²) in [6.45, 7) is 0.